The third kappa shape index (κ3) is 4.99. The molecule has 0 spiro atoms. The highest BCUT2D eigenvalue weighted by molar-refractivity contribution is 7.18. The molecule has 0 atom stereocenters. The highest BCUT2D eigenvalue weighted by atomic mass is 32.1. The maximum atomic E-state index is 11.8. The van der Waals surface area contributed by atoms with Gasteiger partial charge >= 0.3 is 0 Å². The molecule has 0 radical (unpaired) electrons. The molecule has 0 bridgehead atoms. The Morgan fingerprint density at radius 2 is 1.76 bits per heavy atom. The zero-order chi connectivity index (χ0) is 17.5. The summed E-state index contributed by atoms with van der Waals surface area (Å²) in [5.41, 5.74) is 1.86. The van der Waals surface area contributed by atoms with Crippen LogP contribution < -0.4 is 10.6 Å². The van der Waals surface area contributed by atoms with Crippen LogP contribution in [0.15, 0.2) is 60.7 Å². The molecule has 2 aromatic carbocycles. The molecular formula is C19H17N3O2S. The molecule has 0 aliphatic rings. The SMILES string of the molecule is O=C(/C=C/c1ccccc1)NCC(=O)NCc1nc2ccccc2s1. The quantitative estimate of drug-likeness (QED) is 0.671. The number of fused-ring (bicyclic) bond motifs is 1. The van der Waals surface area contributed by atoms with Gasteiger partial charge in [0, 0.05) is 6.08 Å². The van der Waals surface area contributed by atoms with E-state index < -0.39 is 0 Å². The second-order valence-corrected chi connectivity index (χ2v) is 6.43. The molecule has 0 aliphatic carbocycles. The first-order valence-electron chi connectivity index (χ1n) is 7.83. The van der Waals surface area contributed by atoms with Gasteiger partial charge in [0.25, 0.3) is 0 Å². The van der Waals surface area contributed by atoms with Crippen molar-refractivity contribution in [3.8, 4) is 0 Å². The Bertz CT molecular complexity index is 870. The fraction of sp³-hybridized carbons (Fsp3) is 0.105. The molecule has 2 N–H and O–H groups in total. The van der Waals surface area contributed by atoms with Crippen molar-refractivity contribution >= 4 is 39.4 Å². The van der Waals surface area contributed by atoms with E-state index in [1.165, 1.54) is 6.08 Å². The van der Waals surface area contributed by atoms with Crippen LogP contribution in [0.25, 0.3) is 16.3 Å². The van der Waals surface area contributed by atoms with Crippen molar-refractivity contribution in [3.05, 3.63) is 71.2 Å². The zero-order valence-corrected chi connectivity index (χ0v) is 14.3. The predicted octanol–water partition coefficient (Wildman–Crippen LogP) is 2.74. The van der Waals surface area contributed by atoms with Crippen LogP contribution in [0.2, 0.25) is 0 Å². The summed E-state index contributed by atoms with van der Waals surface area (Å²) in [6.45, 7) is 0.288. The average molecular weight is 351 g/mol. The second-order valence-electron chi connectivity index (χ2n) is 5.31. The van der Waals surface area contributed by atoms with Crippen molar-refractivity contribution < 1.29 is 9.59 Å². The molecule has 0 saturated carbocycles. The Hall–Kier alpha value is -2.99. The van der Waals surface area contributed by atoms with Gasteiger partial charge in [0.1, 0.15) is 5.01 Å². The third-order valence-corrected chi connectivity index (χ3v) is 4.46. The summed E-state index contributed by atoms with van der Waals surface area (Å²) >= 11 is 1.55. The molecule has 1 heterocycles. The third-order valence-electron chi connectivity index (χ3n) is 3.42. The lowest BCUT2D eigenvalue weighted by Crippen LogP contribution is -2.35. The minimum atomic E-state index is -0.306. The molecular weight excluding hydrogens is 334 g/mol. The number of thiazole rings is 1. The van der Waals surface area contributed by atoms with Gasteiger partial charge < -0.3 is 10.6 Å². The van der Waals surface area contributed by atoms with Crippen molar-refractivity contribution in [2.75, 3.05) is 6.54 Å². The smallest absolute Gasteiger partial charge is 0.244 e. The molecule has 2 amide bonds. The Kier molecular flexibility index (Phi) is 5.53. The number of nitrogens with zero attached hydrogens (tertiary/aromatic N) is 1. The van der Waals surface area contributed by atoms with Crippen LogP contribution in [0.4, 0.5) is 0 Å². The maximum Gasteiger partial charge on any atom is 0.244 e. The van der Waals surface area contributed by atoms with Gasteiger partial charge in [-0.15, -0.1) is 11.3 Å². The van der Waals surface area contributed by atoms with Crippen LogP contribution >= 0.6 is 11.3 Å². The average Bonchev–Trinajstić information content (AvgIpc) is 3.07. The lowest BCUT2D eigenvalue weighted by Gasteiger charge is -2.03. The van der Waals surface area contributed by atoms with Gasteiger partial charge in [-0.1, -0.05) is 42.5 Å². The minimum Gasteiger partial charge on any atom is -0.348 e. The summed E-state index contributed by atoms with van der Waals surface area (Å²) < 4.78 is 1.09. The summed E-state index contributed by atoms with van der Waals surface area (Å²) in [6.07, 6.45) is 3.12. The molecule has 3 rings (SSSR count). The number of hydrogen-bond donors (Lipinski definition) is 2. The minimum absolute atomic E-state index is 0.0666. The van der Waals surface area contributed by atoms with Crippen LogP contribution in [0, 0.1) is 0 Å². The van der Waals surface area contributed by atoms with Crippen LogP contribution in [-0.4, -0.2) is 23.3 Å². The first-order chi connectivity index (χ1) is 12.2. The van der Waals surface area contributed by atoms with Crippen molar-refractivity contribution in [1.82, 2.24) is 15.6 Å². The Morgan fingerprint density at radius 1 is 1.00 bits per heavy atom. The molecule has 0 fully saturated rings. The zero-order valence-electron chi connectivity index (χ0n) is 13.4. The number of nitrogens with one attached hydrogen (secondary N) is 2. The predicted molar refractivity (Wildman–Crippen MR) is 100.0 cm³/mol. The van der Waals surface area contributed by atoms with Crippen LogP contribution in [0.3, 0.4) is 0 Å². The number of rotatable bonds is 6. The van der Waals surface area contributed by atoms with Crippen molar-refractivity contribution in [2.24, 2.45) is 0 Å². The molecule has 126 valence electrons. The van der Waals surface area contributed by atoms with Crippen LogP contribution in [0.1, 0.15) is 10.6 Å². The first kappa shape index (κ1) is 16.9. The number of amides is 2. The number of hydrogen-bond acceptors (Lipinski definition) is 4. The van der Waals surface area contributed by atoms with Gasteiger partial charge in [-0.05, 0) is 23.8 Å². The van der Waals surface area contributed by atoms with E-state index >= 15 is 0 Å². The molecule has 0 saturated heterocycles. The molecule has 25 heavy (non-hydrogen) atoms. The summed E-state index contributed by atoms with van der Waals surface area (Å²) in [7, 11) is 0. The number of para-hydroxylation sites is 1. The largest absolute Gasteiger partial charge is 0.348 e. The van der Waals surface area contributed by atoms with Gasteiger partial charge in [0.2, 0.25) is 11.8 Å². The molecule has 0 unspecified atom stereocenters. The Balaban J connectivity index is 1.43. The van der Waals surface area contributed by atoms with Crippen molar-refractivity contribution in [3.63, 3.8) is 0 Å². The van der Waals surface area contributed by atoms with Gasteiger partial charge in [-0.2, -0.15) is 0 Å². The molecule has 1 aromatic heterocycles. The highest BCUT2D eigenvalue weighted by Crippen LogP contribution is 2.21. The normalized spacial score (nSPS) is 10.9. The molecule has 5 nitrogen and oxygen atoms in total. The molecule has 0 aliphatic heterocycles. The lowest BCUT2D eigenvalue weighted by atomic mass is 10.2. The van der Waals surface area contributed by atoms with E-state index in [0.717, 1.165) is 20.8 Å². The summed E-state index contributed by atoms with van der Waals surface area (Å²) in [5.74, 6) is -0.556. The fourth-order valence-electron chi connectivity index (χ4n) is 2.19. The van der Waals surface area contributed by atoms with Gasteiger partial charge in [-0.3, -0.25) is 9.59 Å². The van der Waals surface area contributed by atoms with E-state index in [9.17, 15) is 9.59 Å². The Morgan fingerprint density at radius 3 is 2.56 bits per heavy atom. The van der Waals surface area contributed by atoms with E-state index in [1.807, 2.05) is 54.6 Å². The van der Waals surface area contributed by atoms with Crippen molar-refractivity contribution in [1.29, 1.82) is 0 Å². The van der Waals surface area contributed by atoms with Crippen LogP contribution in [0.5, 0.6) is 0 Å². The Labute approximate surface area is 149 Å². The van der Waals surface area contributed by atoms with Gasteiger partial charge in [0.15, 0.2) is 0 Å². The molecule has 3 aromatic rings. The monoisotopic (exact) mass is 351 g/mol. The van der Waals surface area contributed by atoms with Gasteiger partial charge in [0.05, 0.1) is 23.3 Å². The van der Waals surface area contributed by atoms with Gasteiger partial charge in [-0.25, -0.2) is 4.98 Å². The number of aromatic nitrogens is 1. The summed E-state index contributed by atoms with van der Waals surface area (Å²) in [5, 5.41) is 6.16. The standard InChI is InChI=1S/C19H17N3O2S/c23-17(11-10-14-6-2-1-3-7-14)20-12-18(24)21-13-19-22-15-8-4-5-9-16(15)25-19/h1-11H,12-13H2,(H,20,23)(H,21,24)/b11-10+. The number of benzene rings is 2. The van der Waals surface area contributed by atoms with Crippen LogP contribution in [-0.2, 0) is 16.1 Å². The summed E-state index contributed by atoms with van der Waals surface area (Å²) in [6, 6.07) is 17.3. The topological polar surface area (TPSA) is 71.1 Å². The highest BCUT2D eigenvalue weighted by Gasteiger charge is 2.06. The number of carbonyl (C=O) groups is 2. The second kappa shape index (κ2) is 8.21. The van der Waals surface area contributed by atoms with E-state index in [1.54, 1.807) is 17.4 Å². The van der Waals surface area contributed by atoms with E-state index in [2.05, 4.69) is 15.6 Å². The van der Waals surface area contributed by atoms with Crippen molar-refractivity contribution in [2.45, 2.75) is 6.54 Å². The van der Waals surface area contributed by atoms with E-state index in [-0.39, 0.29) is 18.4 Å². The lowest BCUT2D eigenvalue weighted by molar-refractivity contribution is -0.124. The van der Waals surface area contributed by atoms with E-state index in [4.69, 9.17) is 0 Å². The summed E-state index contributed by atoms with van der Waals surface area (Å²) in [4.78, 5) is 28.0. The maximum absolute atomic E-state index is 11.8. The van der Waals surface area contributed by atoms with E-state index in [0.29, 0.717) is 6.54 Å². The molecule has 6 heteroatoms. The number of carbonyl (C=O) groups excluding carboxylic acids is 2. The first-order valence-corrected chi connectivity index (χ1v) is 8.64. The fourth-order valence-corrected chi connectivity index (χ4v) is 3.10.